The van der Waals surface area contributed by atoms with E-state index in [0.29, 0.717) is 35.5 Å². The second-order valence-electron chi connectivity index (χ2n) is 6.29. The first-order valence-corrected chi connectivity index (χ1v) is 10.0. The smallest absolute Gasteiger partial charge is 0.258 e. The van der Waals surface area contributed by atoms with Crippen molar-refractivity contribution in [3.05, 3.63) is 36.7 Å². The maximum Gasteiger partial charge on any atom is 0.258 e. The summed E-state index contributed by atoms with van der Waals surface area (Å²) in [5, 5.41) is 11.2. The number of rotatable bonds is 10. The summed E-state index contributed by atoms with van der Waals surface area (Å²) < 4.78 is 7.22. The molecule has 0 aliphatic rings. The lowest BCUT2D eigenvalue weighted by Crippen LogP contribution is -2.14. The van der Waals surface area contributed by atoms with Gasteiger partial charge in [-0.25, -0.2) is 4.98 Å². The Morgan fingerprint density at radius 2 is 1.89 bits per heavy atom. The predicted molar refractivity (Wildman–Crippen MR) is 110 cm³/mol. The minimum Gasteiger partial charge on any atom is -0.493 e. The Labute approximate surface area is 168 Å². The van der Waals surface area contributed by atoms with Gasteiger partial charge in [0.2, 0.25) is 17.1 Å². The van der Waals surface area contributed by atoms with E-state index in [1.165, 1.54) is 11.8 Å². The Balaban J connectivity index is 1.60. The van der Waals surface area contributed by atoms with Crippen LogP contribution in [0, 0.1) is 5.92 Å². The SMILES string of the molecule is CNc1nc(NCC(C)C)nc(-n2cnc(SCCOc3ccccc3)n2)n1. The molecule has 28 heavy (non-hydrogen) atoms. The highest BCUT2D eigenvalue weighted by Gasteiger charge is 2.11. The number of aromatic nitrogens is 6. The van der Waals surface area contributed by atoms with Gasteiger partial charge in [0.1, 0.15) is 12.1 Å². The number of nitrogens with one attached hydrogen (secondary N) is 2. The second kappa shape index (κ2) is 9.88. The average Bonchev–Trinajstić information content (AvgIpc) is 3.19. The summed E-state index contributed by atoms with van der Waals surface area (Å²) in [6.45, 7) is 5.58. The van der Waals surface area contributed by atoms with Gasteiger partial charge in [-0.2, -0.15) is 19.6 Å². The quantitative estimate of drug-likeness (QED) is 0.393. The molecule has 0 aliphatic heterocycles. The van der Waals surface area contributed by atoms with Crippen LogP contribution in [0.5, 0.6) is 5.75 Å². The molecule has 0 radical (unpaired) electrons. The minimum absolute atomic E-state index is 0.408. The third-order valence-electron chi connectivity index (χ3n) is 3.52. The van der Waals surface area contributed by atoms with Crippen molar-refractivity contribution in [3.8, 4) is 11.7 Å². The van der Waals surface area contributed by atoms with E-state index in [2.05, 4.69) is 49.5 Å². The molecular formula is C18H24N8OS. The molecule has 148 valence electrons. The zero-order valence-electron chi connectivity index (χ0n) is 16.2. The van der Waals surface area contributed by atoms with Crippen LogP contribution in [-0.2, 0) is 0 Å². The number of benzene rings is 1. The minimum atomic E-state index is 0.408. The Kier molecular flexibility index (Phi) is 7.01. The summed E-state index contributed by atoms with van der Waals surface area (Å²) in [6, 6.07) is 9.72. The van der Waals surface area contributed by atoms with E-state index < -0.39 is 0 Å². The summed E-state index contributed by atoms with van der Waals surface area (Å²) in [4.78, 5) is 17.4. The molecule has 0 spiro atoms. The van der Waals surface area contributed by atoms with Crippen molar-refractivity contribution in [2.24, 2.45) is 5.92 Å². The Morgan fingerprint density at radius 3 is 2.64 bits per heavy atom. The third kappa shape index (κ3) is 5.81. The number of nitrogens with zero attached hydrogens (tertiary/aromatic N) is 6. The molecule has 9 nitrogen and oxygen atoms in total. The molecule has 0 atom stereocenters. The van der Waals surface area contributed by atoms with Crippen molar-refractivity contribution < 1.29 is 4.74 Å². The van der Waals surface area contributed by atoms with Crippen LogP contribution in [0.1, 0.15) is 13.8 Å². The lowest BCUT2D eigenvalue weighted by Gasteiger charge is -2.09. The molecule has 0 saturated carbocycles. The first-order chi connectivity index (χ1) is 13.6. The van der Waals surface area contributed by atoms with E-state index in [1.54, 1.807) is 18.1 Å². The molecule has 3 aromatic rings. The van der Waals surface area contributed by atoms with Gasteiger partial charge in [0.05, 0.1) is 6.61 Å². The van der Waals surface area contributed by atoms with Crippen molar-refractivity contribution in [3.63, 3.8) is 0 Å². The standard InChI is InChI=1S/C18H24N8OS/c1-13(2)11-20-16-22-15(19-3)23-17(24-16)26-12-21-18(25-26)28-10-9-27-14-7-5-4-6-8-14/h4-8,12-13H,9-11H2,1-3H3,(H2,19,20,22,23,24). The zero-order valence-corrected chi connectivity index (χ0v) is 17.0. The van der Waals surface area contributed by atoms with Crippen molar-refractivity contribution in [2.75, 3.05) is 36.6 Å². The topological polar surface area (TPSA) is 103 Å². The molecule has 0 bridgehead atoms. The van der Waals surface area contributed by atoms with Crippen LogP contribution in [0.4, 0.5) is 11.9 Å². The van der Waals surface area contributed by atoms with Crippen LogP contribution in [0.3, 0.4) is 0 Å². The van der Waals surface area contributed by atoms with Gasteiger partial charge < -0.3 is 15.4 Å². The summed E-state index contributed by atoms with van der Waals surface area (Å²) in [5.74, 6) is 3.45. The first kappa shape index (κ1) is 19.9. The van der Waals surface area contributed by atoms with Crippen LogP contribution in [0.25, 0.3) is 5.95 Å². The van der Waals surface area contributed by atoms with Crippen molar-refractivity contribution in [1.82, 2.24) is 29.7 Å². The maximum atomic E-state index is 5.68. The van der Waals surface area contributed by atoms with Crippen molar-refractivity contribution >= 4 is 23.7 Å². The van der Waals surface area contributed by atoms with E-state index >= 15 is 0 Å². The summed E-state index contributed by atoms with van der Waals surface area (Å²) >= 11 is 1.51. The van der Waals surface area contributed by atoms with Crippen molar-refractivity contribution in [1.29, 1.82) is 0 Å². The van der Waals surface area contributed by atoms with Gasteiger partial charge >= 0.3 is 0 Å². The van der Waals surface area contributed by atoms with E-state index in [4.69, 9.17) is 4.74 Å². The summed E-state index contributed by atoms with van der Waals surface area (Å²) in [7, 11) is 1.76. The van der Waals surface area contributed by atoms with Crippen molar-refractivity contribution in [2.45, 2.75) is 19.0 Å². The maximum absolute atomic E-state index is 5.68. The number of hydrogen-bond acceptors (Lipinski definition) is 9. The highest BCUT2D eigenvalue weighted by Crippen LogP contribution is 2.15. The molecule has 3 rings (SSSR count). The van der Waals surface area contributed by atoms with Gasteiger partial charge in [0.25, 0.3) is 5.95 Å². The van der Waals surface area contributed by atoms with E-state index in [0.717, 1.165) is 18.0 Å². The highest BCUT2D eigenvalue weighted by atomic mass is 32.2. The fraction of sp³-hybridized carbons (Fsp3) is 0.389. The Morgan fingerprint density at radius 1 is 1.11 bits per heavy atom. The molecule has 0 fully saturated rings. The van der Waals surface area contributed by atoms with Gasteiger partial charge in [-0.3, -0.25) is 0 Å². The van der Waals surface area contributed by atoms with Gasteiger partial charge in [0, 0.05) is 19.3 Å². The molecule has 10 heteroatoms. The number of hydrogen-bond donors (Lipinski definition) is 2. The normalized spacial score (nSPS) is 10.9. The average molecular weight is 401 g/mol. The molecule has 0 amide bonds. The van der Waals surface area contributed by atoms with Crippen LogP contribution >= 0.6 is 11.8 Å². The zero-order chi connectivity index (χ0) is 19.8. The van der Waals surface area contributed by atoms with Gasteiger partial charge in [-0.15, -0.1) is 5.10 Å². The predicted octanol–water partition coefficient (Wildman–Crippen LogP) is 2.73. The molecule has 0 saturated heterocycles. The molecule has 2 aromatic heterocycles. The largest absolute Gasteiger partial charge is 0.493 e. The van der Waals surface area contributed by atoms with Crippen LogP contribution < -0.4 is 15.4 Å². The molecule has 2 heterocycles. The number of anilines is 2. The van der Waals surface area contributed by atoms with Crippen LogP contribution in [0.2, 0.25) is 0 Å². The fourth-order valence-corrected chi connectivity index (χ4v) is 2.79. The second-order valence-corrected chi connectivity index (χ2v) is 7.35. The number of para-hydroxylation sites is 1. The van der Waals surface area contributed by atoms with Gasteiger partial charge in [-0.05, 0) is 18.1 Å². The molecule has 0 aliphatic carbocycles. The van der Waals surface area contributed by atoms with Crippen LogP contribution in [0.15, 0.2) is 41.8 Å². The van der Waals surface area contributed by atoms with E-state index in [9.17, 15) is 0 Å². The first-order valence-electron chi connectivity index (χ1n) is 9.04. The monoisotopic (exact) mass is 400 g/mol. The Hall–Kier alpha value is -2.88. The molecule has 0 unspecified atom stereocenters. The molecule has 1 aromatic carbocycles. The van der Waals surface area contributed by atoms with E-state index in [1.807, 2.05) is 30.3 Å². The van der Waals surface area contributed by atoms with Gasteiger partial charge in [-0.1, -0.05) is 43.8 Å². The fourth-order valence-electron chi connectivity index (χ4n) is 2.17. The molecule has 2 N–H and O–H groups in total. The number of thioether (sulfide) groups is 1. The number of ether oxygens (including phenoxy) is 1. The Bertz CT molecular complexity index is 871. The lowest BCUT2D eigenvalue weighted by molar-refractivity contribution is 0.344. The van der Waals surface area contributed by atoms with Crippen LogP contribution in [-0.4, -0.2) is 55.7 Å². The molecular weight excluding hydrogens is 376 g/mol. The third-order valence-corrected chi connectivity index (χ3v) is 4.33. The summed E-state index contributed by atoms with van der Waals surface area (Å²) in [5.41, 5.74) is 0. The highest BCUT2D eigenvalue weighted by molar-refractivity contribution is 7.99. The van der Waals surface area contributed by atoms with E-state index in [-0.39, 0.29) is 0 Å². The lowest BCUT2D eigenvalue weighted by atomic mass is 10.2. The van der Waals surface area contributed by atoms with Gasteiger partial charge in [0.15, 0.2) is 0 Å². The summed E-state index contributed by atoms with van der Waals surface area (Å²) in [6.07, 6.45) is 1.60.